The van der Waals surface area contributed by atoms with Crippen molar-refractivity contribution in [1.29, 1.82) is 5.26 Å². The normalized spacial score (nSPS) is 15.3. The van der Waals surface area contributed by atoms with Crippen LogP contribution in [-0.4, -0.2) is 64.8 Å². The van der Waals surface area contributed by atoms with Gasteiger partial charge in [0.25, 0.3) is 0 Å². The Morgan fingerprint density at radius 3 is 2.50 bits per heavy atom. The van der Waals surface area contributed by atoms with Gasteiger partial charge >= 0.3 is 5.97 Å². The van der Waals surface area contributed by atoms with E-state index in [1.54, 1.807) is 19.1 Å². The smallest absolute Gasteiger partial charge is 0.330 e. The number of nitrogens with one attached hydrogen (secondary N) is 3. The van der Waals surface area contributed by atoms with Crippen LogP contribution in [0.5, 0.6) is 0 Å². The highest BCUT2D eigenvalue weighted by atomic mass is 16.5. The Morgan fingerprint density at radius 2 is 1.88 bits per heavy atom. The number of ether oxygens (including phenoxy) is 1. The van der Waals surface area contributed by atoms with Gasteiger partial charge in [-0.1, -0.05) is 6.07 Å². The number of benzene rings is 2. The summed E-state index contributed by atoms with van der Waals surface area (Å²) in [7, 11) is 0. The van der Waals surface area contributed by atoms with E-state index >= 15 is 0 Å². The molecule has 1 aromatic heterocycles. The minimum absolute atomic E-state index is 0.0515. The summed E-state index contributed by atoms with van der Waals surface area (Å²) in [6.45, 7) is 8.86. The number of hydrogen-bond acceptors (Lipinski definition) is 8. The third kappa shape index (κ3) is 6.00. The number of anilines is 1. The Kier molecular flexibility index (Phi) is 8.85. The molecule has 10 nitrogen and oxygen atoms in total. The maximum atomic E-state index is 14.0. The van der Waals surface area contributed by atoms with Gasteiger partial charge in [0.1, 0.15) is 5.82 Å². The minimum atomic E-state index is -1.15. The highest BCUT2D eigenvalue weighted by Gasteiger charge is 2.42. The lowest BCUT2D eigenvalue weighted by molar-refractivity contribution is -0.149. The van der Waals surface area contributed by atoms with Crippen molar-refractivity contribution in [2.24, 2.45) is 0 Å². The van der Waals surface area contributed by atoms with Crippen molar-refractivity contribution in [3.05, 3.63) is 58.9 Å². The number of nitrogens with zero attached hydrogens (tertiary/aromatic N) is 3. The van der Waals surface area contributed by atoms with Gasteiger partial charge in [-0.2, -0.15) is 5.26 Å². The van der Waals surface area contributed by atoms with Crippen molar-refractivity contribution in [2.75, 3.05) is 31.6 Å². The molecule has 1 fully saturated rings. The first-order valence-electron chi connectivity index (χ1n) is 13.6. The molecular formula is C30H36N6O4. The Hall–Kier alpha value is -4.23. The fraction of sp³-hybridized carbons (Fsp3) is 0.433. The zero-order valence-electron chi connectivity index (χ0n) is 23.5. The molecule has 3 aromatic rings. The first-order chi connectivity index (χ1) is 19.2. The first kappa shape index (κ1) is 28.8. The van der Waals surface area contributed by atoms with Gasteiger partial charge in [0.15, 0.2) is 11.8 Å². The van der Waals surface area contributed by atoms with Gasteiger partial charge in [-0.15, -0.1) is 0 Å². The van der Waals surface area contributed by atoms with Gasteiger partial charge in [-0.05, 0) is 82.0 Å². The monoisotopic (exact) mass is 544 g/mol. The van der Waals surface area contributed by atoms with E-state index in [9.17, 15) is 14.4 Å². The van der Waals surface area contributed by atoms with Crippen molar-refractivity contribution >= 4 is 34.4 Å². The summed E-state index contributed by atoms with van der Waals surface area (Å²) in [6.07, 6.45) is 1.89. The van der Waals surface area contributed by atoms with Crippen molar-refractivity contribution in [3.8, 4) is 6.07 Å². The summed E-state index contributed by atoms with van der Waals surface area (Å²) in [6, 6.07) is 12.0. The van der Waals surface area contributed by atoms with Crippen LogP contribution in [0.2, 0.25) is 0 Å². The van der Waals surface area contributed by atoms with Crippen LogP contribution in [0.3, 0.4) is 0 Å². The second-order valence-electron chi connectivity index (χ2n) is 10.4. The van der Waals surface area contributed by atoms with E-state index < -0.39 is 17.4 Å². The number of Topliss-reactive ketones (excluding diaryl/α,β-unsaturated/α-hetero) is 1. The molecule has 2 aromatic carbocycles. The van der Waals surface area contributed by atoms with Crippen molar-refractivity contribution < 1.29 is 19.1 Å². The highest BCUT2D eigenvalue weighted by Crippen LogP contribution is 2.33. The fourth-order valence-corrected chi connectivity index (χ4v) is 5.27. The van der Waals surface area contributed by atoms with E-state index in [4.69, 9.17) is 15.0 Å². The Balaban J connectivity index is 1.64. The van der Waals surface area contributed by atoms with Crippen LogP contribution in [-0.2, 0) is 31.1 Å². The molecule has 0 saturated carbocycles. The topological polar surface area (TPSA) is 140 Å². The summed E-state index contributed by atoms with van der Waals surface area (Å²) in [5.41, 5.74) is 3.64. The third-order valence-corrected chi connectivity index (χ3v) is 7.48. The molecule has 210 valence electrons. The van der Waals surface area contributed by atoms with Crippen LogP contribution >= 0.6 is 0 Å². The van der Waals surface area contributed by atoms with Gasteiger partial charge in [0.2, 0.25) is 5.91 Å². The van der Waals surface area contributed by atoms with Crippen LogP contribution in [0.1, 0.15) is 56.1 Å². The predicted octanol–water partition coefficient (Wildman–Crippen LogP) is 3.35. The lowest BCUT2D eigenvalue weighted by Gasteiger charge is -2.35. The number of amides is 1. The number of esters is 1. The number of fused-ring (bicyclic) bond motifs is 1. The van der Waals surface area contributed by atoms with Crippen molar-refractivity contribution in [3.63, 3.8) is 0 Å². The molecule has 2 heterocycles. The van der Waals surface area contributed by atoms with Crippen molar-refractivity contribution in [1.82, 2.24) is 20.2 Å². The lowest BCUT2D eigenvalue weighted by Crippen LogP contribution is -2.54. The SMILES string of the molecule is CCOC(=O)C(NCC(C)(C(=O)N1CCCC1)c1ccc2[nH]c(CNc3ccc(C#N)cc3)nc2c1C)C(C)=O. The molecule has 0 aliphatic carbocycles. The molecule has 0 bridgehead atoms. The molecule has 1 saturated heterocycles. The van der Waals surface area contributed by atoms with Crippen LogP contribution in [0.4, 0.5) is 5.69 Å². The zero-order valence-corrected chi connectivity index (χ0v) is 23.5. The maximum absolute atomic E-state index is 14.0. The number of aromatic nitrogens is 2. The quantitative estimate of drug-likeness (QED) is 0.247. The van der Waals surface area contributed by atoms with Gasteiger partial charge in [0.05, 0.1) is 41.2 Å². The average Bonchev–Trinajstić information content (AvgIpc) is 3.63. The molecule has 40 heavy (non-hydrogen) atoms. The van der Waals surface area contributed by atoms with Gasteiger partial charge < -0.3 is 19.9 Å². The van der Waals surface area contributed by atoms with E-state index in [1.807, 2.05) is 43.0 Å². The van der Waals surface area contributed by atoms with Crippen molar-refractivity contribution in [2.45, 2.75) is 58.5 Å². The average molecular weight is 545 g/mol. The minimum Gasteiger partial charge on any atom is -0.464 e. The number of ketones is 1. The molecule has 3 N–H and O–H groups in total. The Morgan fingerprint density at radius 1 is 1.18 bits per heavy atom. The number of imidazole rings is 1. The number of carbonyl (C=O) groups excluding carboxylic acids is 3. The third-order valence-electron chi connectivity index (χ3n) is 7.48. The lowest BCUT2D eigenvalue weighted by atomic mass is 9.78. The summed E-state index contributed by atoms with van der Waals surface area (Å²) in [4.78, 5) is 48.8. The number of hydrogen-bond donors (Lipinski definition) is 3. The number of rotatable bonds is 11. The Labute approximate surface area is 234 Å². The van der Waals surface area contributed by atoms with Crippen LogP contribution in [0.15, 0.2) is 36.4 Å². The fourth-order valence-electron chi connectivity index (χ4n) is 5.27. The molecular weight excluding hydrogens is 508 g/mol. The molecule has 10 heteroatoms. The maximum Gasteiger partial charge on any atom is 0.330 e. The Bertz CT molecular complexity index is 1430. The van der Waals surface area contributed by atoms with E-state index in [-0.39, 0.29) is 24.8 Å². The molecule has 1 aliphatic rings. The summed E-state index contributed by atoms with van der Waals surface area (Å²) < 4.78 is 5.10. The van der Waals surface area contributed by atoms with Crippen LogP contribution in [0.25, 0.3) is 11.0 Å². The van der Waals surface area contributed by atoms with E-state index in [0.717, 1.165) is 46.5 Å². The number of aromatic amines is 1. The number of carbonyl (C=O) groups is 3. The molecule has 4 rings (SSSR count). The summed E-state index contributed by atoms with van der Waals surface area (Å²) in [5.74, 6) is -0.341. The number of aryl methyl sites for hydroxylation is 1. The molecule has 2 atom stereocenters. The van der Waals surface area contributed by atoms with Gasteiger partial charge in [0, 0.05) is 25.3 Å². The molecule has 0 radical (unpaired) electrons. The molecule has 1 aliphatic heterocycles. The van der Waals surface area contributed by atoms with Gasteiger partial charge in [-0.3, -0.25) is 14.9 Å². The first-order valence-corrected chi connectivity index (χ1v) is 13.6. The summed E-state index contributed by atoms with van der Waals surface area (Å²) in [5, 5.41) is 15.4. The molecule has 0 spiro atoms. The largest absolute Gasteiger partial charge is 0.464 e. The van der Waals surface area contributed by atoms with Crippen LogP contribution in [0, 0.1) is 18.3 Å². The van der Waals surface area contributed by atoms with E-state index in [1.165, 1.54) is 6.92 Å². The highest BCUT2D eigenvalue weighted by molar-refractivity contribution is 6.02. The molecule has 2 unspecified atom stereocenters. The van der Waals surface area contributed by atoms with Gasteiger partial charge in [-0.25, -0.2) is 9.78 Å². The second-order valence-corrected chi connectivity index (χ2v) is 10.4. The zero-order chi connectivity index (χ0) is 28.9. The summed E-state index contributed by atoms with van der Waals surface area (Å²) >= 11 is 0. The van der Waals surface area contributed by atoms with E-state index in [0.29, 0.717) is 25.2 Å². The standard InChI is InChI=1S/C30H36N6O4/c1-5-40-28(38)27(20(3)37)33-18-30(4,29(39)36-14-6-7-15-36)23-12-13-24-26(19(23)2)35-25(34-24)17-32-22-10-8-21(16-31)9-11-22/h8-13,27,32-33H,5-7,14-15,17-18H2,1-4H3,(H,34,35). The predicted molar refractivity (Wildman–Crippen MR) is 152 cm³/mol. The second kappa shape index (κ2) is 12.3. The molecule has 1 amide bonds. The van der Waals surface area contributed by atoms with Crippen LogP contribution < -0.4 is 10.6 Å². The number of nitriles is 1. The number of likely N-dealkylation sites (tertiary alicyclic amines) is 1. The number of H-pyrrole nitrogens is 1. The van der Waals surface area contributed by atoms with E-state index in [2.05, 4.69) is 21.7 Å².